The van der Waals surface area contributed by atoms with Crippen LogP contribution in [0.15, 0.2) is 60.4 Å². The number of methoxy groups -OCH3 is 1. The first-order chi connectivity index (χ1) is 16.6. The molecule has 6 heteroatoms. The van der Waals surface area contributed by atoms with Crippen molar-refractivity contribution in [1.82, 2.24) is 4.90 Å². The van der Waals surface area contributed by atoms with E-state index in [1.165, 1.54) is 6.42 Å². The van der Waals surface area contributed by atoms with Crippen LogP contribution in [-0.4, -0.2) is 42.4 Å². The van der Waals surface area contributed by atoms with Crippen molar-refractivity contribution in [3.63, 3.8) is 0 Å². The molecule has 1 N–H and O–H groups in total. The standard InChI is InChI=1S/C28H35NO5/c1-29(24-6-4-3-5-7-24)28(31)26-16-23(22-12-14-25(32-2)15-13-22)17-27(34-26)33-19-21-10-8-20(18-30)9-11-21/h8-16,23-24,27,30H,3-7,17-19H2,1-2H3/t23-,27+/m1/s1. The molecule has 1 saturated carbocycles. The molecule has 0 aromatic heterocycles. The number of allylic oxidation sites excluding steroid dienone is 1. The van der Waals surface area contributed by atoms with Gasteiger partial charge in [0, 0.05) is 25.4 Å². The van der Waals surface area contributed by atoms with Gasteiger partial charge in [0.25, 0.3) is 5.91 Å². The monoisotopic (exact) mass is 465 g/mol. The Labute approximate surface area is 202 Å². The number of aliphatic hydroxyl groups is 1. The van der Waals surface area contributed by atoms with Crippen molar-refractivity contribution < 1.29 is 24.1 Å². The van der Waals surface area contributed by atoms with E-state index < -0.39 is 6.29 Å². The van der Waals surface area contributed by atoms with Crippen LogP contribution in [0.2, 0.25) is 0 Å². The summed E-state index contributed by atoms with van der Waals surface area (Å²) in [7, 11) is 3.54. The molecular weight excluding hydrogens is 430 g/mol. The Morgan fingerprint density at radius 2 is 1.71 bits per heavy atom. The number of carbonyl (C=O) groups excluding carboxylic acids is 1. The fourth-order valence-corrected chi connectivity index (χ4v) is 4.73. The van der Waals surface area contributed by atoms with Crippen molar-refractivity contribution in [1.29, 1.82) is 0 Å². The molecule has 2 aromatic carbocycles. The third-order valence-corrected chi connectivity index (χ3v) is 6.90. The maximum Gasteiger partial charge on any atom is 0.288 e. The van der Waals surface area contributed by atoms with Crippen molar-refractivity contribution in [2.24, 2.45) is 0 Å². The summed E-state index contributed by atoms with van der Waals surface area (Å²) in [6.07, 6.45) is 7.68. The van der Waals surface area contributed by atoms with E-state index in [9.17, 15) is 9.90 Å². The second-order valence-electron chi connectivity index (χ2n) is 9.19. The molecule has 2 atom stereocenters. The number of aliphatic hydroxyl groups excluding tert-OH is 1. The number of likely N-dealkylation sites (N-methyl/N-ethyl adjacent to an activating group) is 1. The summed E-state index contributed by atoms with van der Waals surface area (Å²) in [5.74, 6) is 1.08. The Morgan fingerprint density at radius 3 is 2.35 bits per heavy atom. The lowest BCUT2D eigenvalue weighted by Crippen LogP contribution is -2.41. The maximum atomic E-state index is 13.4. The van der Waals surface area contributed by atoms with Gasteiger partial charge in [-0.2, -0.15) is 0 Å². The Hall–Kier alpha value is -2.83. The Morgan fingerprint density at radius 1 is 1.03 bits per heavy atom. The van der Waals surface area contributed by atoms with Gasteiger partial charge in [-0.25, -0.2) is 0 Å². The number of carbonyl (C=O) groups is 1. The zero-order valence-corrected chi connectivity index (χ0v) is 20.1. The fraction of sp³-hybridized carbons (Fsp3) is 0.464. The van der Waals surface area contributed by atoms with Gasteiger partial charge < -0.3 is 24.2 Å². The van der Waals surface area contributed by atoms with Gasteiger partial charge in [-0.05, 0) is 47.7 Å². The van der Waals surface area contributed by atoms with Crippen molar-refractivity contribution in [2.45, 2.75) is 70.0 Å². The highest BCUT2D eigenvalue weighted by molar-refractivity contribution is 5.91. The van der Waals surface area contributed by atoms with E-state index in [2.05, 4.69) is 0 Å². The predicted octanol–water partition coefficient (Wildman–Crippen LogP) is 4.91. The van der Waals surface area contributed by atoms with E-state index in [0.717, 1.165) is 48.1 Å². The molecule has 0 unspecified atom stereocenters. The molecule has 2 aliphatic rings. The minimum absolute atomic E-state index is 0.000117. The van der Waals surface area contributed by atoms with Gasteiger partial charge in [-0.15, -0.1) is 0 Å². The van der Waals surface area contributed by atoms with E-state index in [4.69, 9.17) is 14.2 Å². The van der Waals surface area contributed by atoms with Crippen molar-refractivity contribution in [3.05, 3.63) is 77.1 Å². The molecule has 34 heavy (non-hydrogen) atoms. The van der Waals surface area contributed by atoms with Gasteiger partial charge in [0.1, 0.15) is 5.75 Å². The Balaban J connectivity index is 1.50. The second kappa shape index (κ2) is 11.5. The molecule has 0 radical (unpaired) electrons. The summed E-state index contributed by atoms with van der Waals surface area (Å²) in [5.41, 5.74) is 2.94. The van der Waals surface area contributed by atoms with E-state index in [1.54, 1.807) is 7.11 Å². The topological polar surface area (TPSA) is 68.2 Å². The number of nitrogens with zero attached hydrogens (tertiary/aromatic N) is 1. The average molecular weight is 466 g/mol. The Bertz CT molecular complexity index is 963. The molecule has 1 fully saturated rings. The molecule has 1 aliphatic carbocycles. The predicted molar refractivity (Wildman–Crippen MR) is 130 cm³/mol. The van der Waals surface area contributed by atoms with E-state index in [0.29, 0.717) is 18.8 Å². The molecule has 1 amide bonds. The van der Waals surface area contributed by atoms with Crippen molar-refractivity contribution in [2.75, 3.05) is 14.2 Å². The van der Waals surface area contributed by atoms with Crippen LogP contribution in [0.4, 0.5) is 0 Å². The molecule has 4 rings (SSSR count). The van der Waals surface area contributed by atoms with Gasteiger partial charge in [0.2, 0.25) is 6.29 Å². The van der Waals surface area contributed by atoms with Crippen LogP contribution < -0.4 is 4.74 Å². The molecule has 0 bridgehead atoms. The lowest BCUT2D eigenvalue weighted by molar-refractivity contribution is -0.156. The number of hydrogen-bond donors (Lipinski definition) is 1. The van der Waals surface area contributed by atoms with Crippen LogP contribution in [0.5, 0.6) is 5.75 Å². The summed E-state index contributed by atoms with van der Waals surface area (Å²) in [6.45, 7) is 0.382. The Kier molecular flexibility index (Phi) is 8.25. The van der Waals surface area contributed by atoms with Gasteiger partial charge >= 0.3 is 0 Å². The maximum absolute atomic E-state index is 13.4. The van der Waals surface area contributed by atoms with E-state index in [1.807, 2.05) is 66.6 Å². The second-order valence-corrected chi connectivity index (χ2v) is 9.19. The zero-order chi connectivity index (χ0) is 23.9. The van der Waals surface area contributed by atoms with E-state index in [-0.39, 0.29) is 24.5 Å². The number of rotatable bonds is 8. The summed E-state index contributed by atoms with van der Waals surface area (Å²) >= 11 is 0. The lowest BCUT2D eigenvalue weighted by atomic mass is 9.92. The third kappa shape index (κ3) is 5.99. The minimum Gasteiger partial charge on any atom is -0.497 e. The lowest BCUT2D eigenvalue weighted by Gasteiger charge is -2.34. The summed E-state index contributed by atoms with van der Waals surface area (Å²) in [6, 6.07) is 15.8. The average Bonchev–Trinajstić information content (AvgIpc) is 2.91. The van der Waals surface area contributed by atoms with Crippen LogP contribution in [0, 0.1) is 0 Å². The van der Waals surface area contributed by atoms with Gasteiger partial charge in [-0.1, -0.05) is 55.7 Å². The van der Waals surface area contributed by atoms with Crippen LogP contribution in [-0.2, 0) is 27.5 Å². The molecule has 1 heterocycles. The van der Waals surface area contributed by atoms with Gasteiger partial charge in [-0.3, -0.25) is 4.79 Å². The molecule has 0 saturated heterocycles. The van der Waals surface area contributed by atoms with Gasteiger partial charge in [0.05, 0.1) is 20.3 Å². The van der Waals surface area contributed by atoms with Crippen LogP contribution >= 0.6 is 0 Å². The number of benzene rings is 2. The normalized spacial score (nSPS) is 20.9. The van der Waals surface area contributed by atoms with Crippen LogP contribution in [0.3, 0.4) is 0 Å². The van der Waals surface area contributed by atoms with E-state index >= 15 is 0 Å². The molecule has 2 aromatic rings. The zero-order valence-electron chi connectivity index (χ0n) is 20.1. The van der Waals surface area contributed by atoms with Gasteiger partial charge in [0.15, 0.2) is 5.76 Å². The first kappa shape index (κ1) is 24.3. The third-order valence-electron chi connectivity index (χ3n) is 6.90. The minimum atomic E-state index is -0.534. The van der Waals surface area contributed by atoms with Crippen molar-refractivity contribution in [3.8, 4) is 5.75 Å². The van der Waals surface area contributed by atoms with Crippen LogP contribution in [0.1, 0.15) is 61.1 Å². The smallest absolute Gasteiger partial charge is 0.288 e. The highest BCUT2D eigenvalue weighted by Gasteiger charge is 2.32. The molecule has 182 valence electrons. The molecule has 1 aliphatic heterocycles. The summed E-state index contributed by atoms with van der Waals surface area (Å²) in [4.78, 5) is 15.3. The first-order valence-electron chi connectivity index (χ1n) is 12.2. The fourth-order valence-electron chi connectivity index (χ4n) is 4.73. The molecular formula is C28H35NO5. The molecule has 0 spiro atoms. The highest BCUT2D eigenvalue weighted by Crippen LogP contribution is 2.34. The summed E-state index contributed by atoms with van der Waals surface area (Å²) < 4.78 is 17.5. The van der Waals surface area contributed by atoms with Crippen LogP contribution in [0.25, 0.3) is 0 Å². The quantitative estimate of drug-likeness (QED) is 0.600. The van der Waals surface area contributed by atoms with Crippen molar-refractivity contribution >= 4 is 5.91 Å². The summed E-state index contributed by atoms with van der Waals surface area (Å²) in [5, 5.41) is 9.25. The number of hydrogen-bond acceptors (Lipinski definition) is 5. The highest BCUT2D eigenvalue weighted by atomic mass is 16.7. The number of ether oxygens (including phenoxy) is 3. The largest absolute Gasteiger partial charge is 0.497 e. The SMILES string of the molecule is COc1ccc([C@@H]2C=C(C(=O)N(C)C3CCCCC3)O[C@H](OCc3ccc(CO)cc3)C2)cc1. The number of amides is 1. The first-order valence-corrected chi connectivity index (χ1v) is 12.2. The molecule has 6 nitrogen and oxygen atoms in total.